The van der Waals surface area contributed by atoms with E-state index in [-0.39, 0.29) is 25.7 Å². The smallest absolute Gasteiger partial charge is 0.462 e. The van der Waals surface area contributed by atoms with Crippen molar-refractivity contribution in [2.45, 2.75) is 459 Å². The monoisotopic (exact) mass is 1520 g/mol. The maximum atomic E-state index is 13.1. The molecule has 0 aromatic carbocycles. The van der Waals surface area contributed by atoms with E-state index in [9.17, 15) is 43.2 Å². The topological polar surface area (TPSA) is 237 Å². The van der Waals surface area contributed by atoms with Gasteiger partial charge in [-0.1, -0.05) is 389 Å². The van der Waals surface area contributed by atoms with E-state index >= 15 is 0 Å². The van der Waals surface area contributed by atoms with Gasteiger partial charge in [0.15, 0.2) is 12.2 Å². The number of ether oxygens (including phenoxy) is 4. The number of aliphatic hydroxyl groups excluding tert-OH is 1. The fraction of sp³-hybridized carbons (Fsp3) is 0.953. The summed E-state index contributed by atoms with van der Waals surface area (Å²) in [7, 11) is -9.93. The third kappa shape index (κ3) is 75.5. The number of phosphoric acid groups is 2. The second-order valence-electron chi connectivity index (χ2n) is 32.0. The van der Waals surface area contributed by atoms with E-state index in [1.54, 1.807) is 0 Å². The molecule has 0 aliphatic heterocycles. The fourth-order valence-electron chi connectivity index (χ4n) is 13.1. The largest absolute Gasteiger partial charge is 0.472 e. The maximum Gasteiger partial charge on any atom is 0.472 e. The number of hydrogen-bond donors (Lipinski definition) is 3. The predicted octanol–water partition coefficient (Wildman–Crippen LogP) is 25.6. The van der Waals surface area contributed by atoms with Crippen LogP contribution in [-0.4, -0.2) is 96.7 Å². The highest BCUT2D eigenvalue weighted by atomic mass is 31.2. The van der Waals surface area contributed by atoms with Crippen molar-refractivity contribution in [2.75, 3.05) is 39.6 Å². The van der Waals surface area contributed by atoms with E-state index in [4.69, 9.17) is 37.0 Å². The molecule has 0 spiro atoms. The van der Waals surface area contributed by atoms with Crippen LogP contribution in [0.3, 0.4) is 0 Å². The van der Waals surface area contributed by atoms with Gasteiger partial charge in [-0.05, 0) is 49.4 Å². The minimum atomic E-state index is -4.97. The van der Waals surface area contributed by atoms with Crippen molar-refractivity contribution in [3.8, 4) is 0 Å². The summed E-state index contributed by atoms with van der Waals surface area (Å²) in [5.41, 5.74) is 0. The van der Waals surface area contributed by atoms with Gasteiger partial charge in [-0.2, -0.15) is 0 Å². The second kappa shape index (κ2) is 73.8. The molecular formula is C85H166O17P2. The zero-order valence-electron chi connectivity index (χ0n) is 68.7. The summed E-state index contributed by atoms with van der Waals surface area (Å²) in [5, 5.41) is 10.7. The van der Waals surface area contributed by atoms with Crippen molar-refractivity contribution in [3.63, 3.8) is 0 Å². The molecule has 0 aromatic heterocycles. The van der Waals surface area contributed by atoms with Crippen molar-refractivity contribution in [2.24, 2.45) is 23.7 Å². The predicted molar refractivity (Wildman–Crippen MR) is 428 cm³/mol. The van der Waals surface area contributed by atoms with Gasteiger partial charge in [0.25, 0.3) is 0 Å². The van der Waals surface area contributed by atoms with E-state index in [2.05, 4.69) is 55.4 Å². The highest BCUT2D eigenvalue weighted by Crippen LogP contribution is 2.45. The average molecular weight is 1520 g/mol. The van der Waals surface area contributed by atoms with E-state index < -0.39 is 97.5 Å². The van der Waals surface area contributed by atoms with Gasteiger partial charge in [0, 0.05) is 25.7 Å². The van der Waals surface area contributed by atoms with Gasteiger partial charge in [0.1, 0.15) is 19.3 Å². The van der Waals surface area contributed by atoms with Crippen LogP contribution < -0.4 is 0 Å². The Morgan fingerprint density at radius 2 is 0.462 bits per heavy atom. The molecule has 0 heterocycles. The first-order chi connectivity index (χ1) is 50.2. The second-order valence-corrected chi connectivity index (χ2v) is 34.9. The summed E-state index contributed by atoms with van der Waals surface area (Å²) in [6, 6.07) is 0. The van der Waals surface area contributed by atoms with Crippen LogP contribution in [0.5, 0.6) is 0 Å². The van der Waals surface area contributed by atoms with Crippen molar-refractivity contribution in [1.82, 2.24) is 0 Å². The van der Waals surface area contributed by atoms with Crippen LogP contribution >= 0.6 is 15.6 Å². The molecule has 7 atom stereocenters. The standard InChI is InChI=1S/C85H166O17P2/c1-9-77(7)63-55-47-39-33-26-22-18-13-11-12-14-19-23-27-34-40-49-57-65-82(87)95-71-80(101-84(89)67-59-51-41-35-28-24-20-16-15-17-21-25-31-37-45-53-61-75(3)4)73-99-103(91,92)97-69-79(86)70-98-104(93,94)100-74-81(72-96-83(88)66-58-50-44-43-48-56-64-78(8)10-2)102-85(90)68-60-52-42-36-30-29-32-38-46-54-62-76(5)6/h75-81,86H,9-74H2,1-8H3,(H,91,92)(H,93,94)/t77?,78?,79-,80-,81-/m1/s1. The van der Waals surface area contributed by atoms with Gasteiger partial charge in [-0.3, -0.25) is 37.3 Å². The number of carbonyl (C=O) groups is 4. The summed E-state index contributed by atoms with van der Waals surface area (Å²) in [4.78, 5) is 73.1. The first-order valence-corrected chi connectivity index (χ1v) is 46.8. The molecule has 0 bridgehead atoms. The first kappa shape index (κ1) is 102. The van der Waals surface area contributed by atoms with Crippen LogP contribution in [0.2, 0.25) is 0 Å². The Bertz CT molecular complexity index is 2030. The lowest BCUT2D eigenvalue weighted by atomic mass is 9.99. The van der Waals surface area contributed by atoms with E-state index in [1.807, 2.05) is 0 Å². The Morgan fingerprint density at radius 3 is 0.683 bits per heavy atom. The van der Waals surface area contributed by atoms with Crippen molar-refractivity contribution >= 4 is 39.5 Å². The Kier molecular flexibility index (Phi) is 72.5. The number of unbranched alkanes of at least 4 members (excludes halogenated alkanes) is 46. The van der Waals surface area contributed by atoms with E-state index in [0.29, 0.717) is 25.7 Å². The van der Waals surface area contributed by atoms with Crippen molar-refractivity contribution in [1.29, 1.82) is 0 Å². The number of carbonyl (C=O) groups excluding carboxylic acids is 4. The summed E-state index contributed by atoms with van der Waals surface area (Å²) in [5.74, 6) is 1.05. The van der Waals surface area contributed by atoms with Gasteiger partial charge >= 0.3 is 39.5 Å². The highest BCUT2D eigenvalue weighted by Gasteiger charge is 2.30. The molecule has 0 saturated carbocycles. The minimum Gasteiger partial charge on any atom is -0.462 e. The van der Waals surface area contributed by atoms with Crippen molar-refractivity contribution < 1.29 is 80.2 Å². The van der Waals surface area contributed by atoms with Gasteiger partial charge < -0.3 is 33.8 Å². The van der Waals surface area contributed by atoms with Crippen LogP contribution in [0.1, 0.15) is 441 Å². The molecule has 4 unspecified atom stereocenters. The molecule has 0 radical (unpaired) electrons. The zero-order chi connectivity index (χ0) is 76.7. The molecule has 0 rings (SSSR count). The van der Waals surface area contributed by atoms with E-state index in [1.165, 1.54) is 238 Å². The van der Waals surface area contributed by atoms with Gasteiger partial charge in [0.2, 0.25) is 0 Å². The molecule has 19 heteroatoms. The Morgan fingerprint density at radius 1 is 0.269 bits per heavy atom. The Hall–Kier alpha value is -1.94. The fourth-order valence-corrected chi connectivity index (χ4v) is 14.7. The Balaban J connectivity index is 5.21. The SMILES string of the molecule is CCC(C)CCCCCCCCCCCCCCCCCCCCC(=O)OC[C@H](COP(=O)(O)OC[C@@H](O)COP(=O)(O)OC[C@@H](COC(=O)CCCCCCCCC(C)CC)OC(=O)CCCCCCCCCCCCC(C)C)OC(=O)CCCCCCCCCCCCCCCCCCC(C)C. The van der Waals surface area contributed by atoms with Crippen LogP contribution in [-0.2, 0) is 65.4 Å². The molecule has 0 aliphatic rings. The molecule has 0 fully saturated rings. The molecular weight excluding hydrogens is 1350 g/mol. The van der Waals surface area contributed by atoms with Crippen LogP contribution in [0.4, 0.5) is 0 Å². The van der Waals surface area contributed by atoms with Crippen LogP contribution in [0, 0.1) is 23.7 Å². The zero-order valence-corrected chi connectivity index (χ0v) is 70.5. The number of rotatable bonds is 82. The number of hydrogen-bond acceptors (Lipinski definition) is 15. The van der Waals surface area contributed by atoms with Crippen LogP contribution in [0.15, 0.2) is 0 Å². The summed E-state index contributed by atoms with van der Waals surface area (Å²) < 4.78 is 68.8. The summed E-state index contributed by atoms with van der Waals surface area (Å²) in [6.07, 6.45) is 62.6. The lowest BCUT2D eigenvalue weighted by molar-refractivity contribution is -0.161. The number of esters is 4. The molecule has 0 amide bonds. The lowest BCUT2D eigenvalue weighted by Gasteiger charge is -2.21. The molecule has 17 nitrogen and oxygen atoms in total. The first-order valence-electron chi connectivity index (χ1n) is 43.8. The Labute approximate surface area is 638 Å². The van der Waals surface area contributed by atoms with Gasteiger partial charge in [-0.25, -0.2) is 9.13 Å². The highest BCUT2D eigenvalue weighted by molar-refractivity contribution is 7.47. The van der Waals surface area contributed by atoms with Gasteiger partial charge in [-0.15, -0.1) is 0 Å². The lowest BCUT2D eigenvalue weighted by Crippen LogP contribution is -2.30. The molecule has 0 aromatic rings. The number of aliphatic hydroxyl groups is 1. The summed E-state index contributed by atoms with van der Waals surface area (Å²) >= 11 is 0. The number of phosphoric ester groups is 2. The molecule has 618 valence electrons. The van der Waals surface area contributed by atoms with Crippen LogP contribution in [0.25, 0.3) is 0 Å². The maximum absolute atomic E-state index is 13.1. The van der Waals surface area contributed by atoms with E-state index in [0.717, 1.165) is 120 Å². The summed E-state index contributed by atoms with van der Waals surface area (Å²) in [6.45, 7) is 14.3. The van der Waals surface area contributed by atoms with Gasteiger partial charge in [0.05, 0.1) is 26.4 Å². The molecule has 104 heavy (non-hydrogen) atoms. The third-order valence-electron chi connectivity index (χ3n) is 20.5. The molecule has 0 saturated heterocycles. The quantitative estimate of drug-likeness (QED) is 0.0222. The molecule has 3 N–H and O–H groups in total. The average Bonchev–Trinajstić information content (AvgIpc) is 0.995. The third-order valence-corrected chi connectivity index (χ3v) is 22.4. The minimum absolute atomic E-state index is 0.105. The molecule has 0 aliphatic carbocycles. The normalized spacial score (nSPS) is 14.5. The van der Waals surface area contributed by atoms with Crippen molar-refractivity contribution in [3.05, 3.63) is 0 Å².